The smallest absolute Gasteiger partial charge is 0.338 e. The Kier molecular flexibility index (Phi) is 10.9. The fraction of sp³-hybridized carbons (Fsp3) is 0.650. The Bertz CT molecular complexity index is 471. The van der Waals surface area contributed by atoms with Crippen LogP contribution in [0.25, 0.3) is 0 Å². The zero-order chi connectivity index (χ0) is 17.6. The molecule has 0 radical (unpaired) electrons. The lowest BCUT2D eigenvalue weighted by Crippen LogP contribution is -2.08. The van der Waals surface area contributed by atoms with Crippen molar-refractivity contribution >= 4 is 5.97 Å². The molecule has 0 N–H and O–H groups in total. The number of hydrogen-bond donors (Lipinski definition) is 0. The third-order valence-electron chi connectivity index (χ3n) is 3.89. The summed E-state index contributed by atoms with van der Waals surface area (Å²) >= 11 is 0. The lowest BCUT2D eigenvalue weighted by atomic mass is 10.1. The van der Waals surface area contributed by atoms with E-state index in [-0.39, 0.29) is 5.97 Å². The van der Waals surface area contributed by atoms with E-state index >= 15 is 0 Å². The number of ether oxygens (including phenoxy) is 3. The topological polar surface area (TPSA) is 44.8 Å². The standard InChI is InChI=1S/C20H32O4/c1-4-5-6-7-8-14-23-19-12-11-18(16-17(19)2)20(21)24-15-10-9-13-22-3/h11-12,16H,4-10,13-15H2,1-3H3. The van der Waals surface area contributed by atoms with Gasteiger partial charge in [0.2, 0.25) is 0 Å². The molecule has 0 aliphatic heterocycles. The molecule has 1 aromatic rings. The van der Waals surface area contributed by atoms with Gasteiger partial charge in [-0.15, -0.1) is 0 Å². The van der Waals surface area contributed by atoms with Crippen LogP contribution in [0.5, 0.6) is 5.75 Å². The molecule has 0 fully saturated rings. The second-order valence-electron chi connectivity index (χ2n) is 6.08. The van der Waals surface area contributed by atoms with Gasteiger partial charge in [-0.05, 0) is 49.9 Å². The lowest BCUT2D eigenvalue weighted by molar-refractivity contribution is 0.0489. The van der Waals surface area contributed by atoms with Crippen molar-refractivity contribution in [1.82, 2.24) is 0 Å². The number of aryl methyl sites for hydroxylation is 1. The summed E-state index contributed by atoms with van der Waals surface area (Å²) in [6.45, 7) is 6.03. The van der Waals surface area contributed by atoms with Crippen molar-refractivity contribution in [3.05, 3.63) is 29.3 Å². The van der Waals surface area contributed by atoms with E-state index < -0.39 is 0 Å². The average molecular weight is 336 g/mol. The summed E-state index contributed by atoms with van der Waals surface area (Å²) in [5.41, 5.74) is 1.55. The molecule has 0 amide bonds. The number of carbonyl (C=O) groups excluding carboxylic acids is 1. The number of rotatable bonds is 13. The first kappa shape index (κ1) is 20.5. The van der Waals surface area contributed by atoms with Crippen LogP contribution in [-0.2, 0) is 9.47 Å². The highest BCUT2D eigenvalue weighted by atomic mass is 16.5. The Morgan fingerprint density at radius 3 is 2.38 bits per heavy atom. The Labute approximate surface area is 146 Å². The van der Waals surface area contributed by atoms with Gasteiger partial charge >= 0.3 is 5.97 Å². The third-order valence-corrected chi connectivity index (χ3v) is 3.89. The summed E-state index contributed by atoms with van der Waals surface area (Å²) in [5, 5.41) is 0. The first-order valence-corrected chi connectivity index (χ1v) is 9.08. The second kappa shape index (κ2) is 12.8. The largest absolute Gasteiger partial charge is 0.493 e. The first-order valence-electron chi connectivity index (χ1n) is 9.08. The van der Waals surface area contributed by atoms with Crippen LogP contribution < -0.4 is 4.74 Å². The minimum absolute atomic E-state index is 0.276. The number of methoxy groups -OCH3 is 1. The zero-order valence-electron chi connectivity index (χ0n) is 15.4. The van der Waals surface area contributed by atoms with Crippen molar-refractivity contribution in [1.29, 1.82) is 0 Å². The molecule has 4 nitrogen and oxygen atoms in total. The SMILES string of the molecule is CCCCCCCOc1ccc(C(=O)OCCCCOC)cc1C. The fourth-order valence-corrected chi connectivity index (χ4v) is 2.42. The number of esters is 1. The maximum Gasteiger partial charge on any atom is 0.338 e. The summed E-state index contributed by atoms with van der Waals surface area (Å²) in [7, 11) is 1.67. The molecule has 0 heterocycles. The predicted octanol–water partition coefficient (Wildman–Crippen LogP) is 4.93. The van der Waals surface area contributed by atoms with E-state index in [9.17, 15) is 4.79 Å². The molecule has 0 aliphatic carbocycles. The van der Waals surface area contributed by atoms with Gasteiger partial charge in [-0.3, -0.25) is 0 Å². The highest BCUT2D eigenvalue weighted by Gasteiger charge is 2.09. The van der Waals surface area contributed by atoms with Gasteiger partial charge in [-0.25, -0.2) is 4.79 Å². The first-order chi connectivity index (χ1) is 11.7. The molecule has 0 spiro atoms. The summed E-state index contributed by atoms with van der Waals surface area (Å²) in [4.78, 5) is 12.0. The van der Waals surface area contributed by atoms with Gasteiger partial charge in [0.25, 0.3) is 0 Å². The molecule has 0 aliphatic rings. The van der Waals surface area contributed by atoms with Crippen molar-refractivity contribution < 1.29 is 19.0 Å². The summed E-state index contributed by atoms with van der Waals surface area (Å²) in [6.07, 6.45) is 7.82. The van der Waals surface area contributed by atoms with E-state index in [1.54, 1.807) is 13.2 Å². The van der Waals surface area contributed by atoms with Crippen molar-refractivity contribution in [2.45, 2.75) is 58.8 Å². The maximum absolute atomic E-state index is 12.0. The molecule has 0 unspecified atom stereocenters. The van der Waals surface area contributed by atoms with Crippen molar-refractivity contribution in [2.75, 3.05) is 26.9 Å². The number of unbranched alkanes of at least 4 members (excludes halogenated alkanes) is 5. The summed E-state index contributed by atoms with van der Waals surface area (Å²) in [5.74, 6) is 0.573. The molecule has 24 heavy (non-hydrogen) atoms. The Hall–Kier alpha value is -1.55. The zero-order valence-corrected chi connectivity index (χ0v) is 15.4. The average Bonchev–Trinajstić information content (AvgIpc) is 2.58. The molecule has 4 heteroatoms. The molecule has 0 saturated carbocycles. The molecule has 1 rings (SSSR count). The third kappa shape index (κ3) is 8.34. The van der Waals surface area contributed by atoms with E-state index in [4.69, 9.17) is 14.2 Å². The molecule has 0 atom stereocenters. The molecule has 0 bridgehead atoms. The number of benzene rings is 1. The molecule has 0 aromatic heterocycles. The van der Waals surface area contributed by atoms with Gasteiger partial charge in [0.1, 0.15) is 5.75 Å². The Morgan fingerprint density at radius 1 is 0.958 bits per heavy atom. The monoisotopic (exact) mass is 336 g/mol. The van der Waals surface area contributed by atoms with Crippen molar-refractivity contribution in [3.63, 3.8) is 0 Å². The highest BCUT2D eigenvalue weighted by Crippen LogP contribution is 2.20. The van der Waals surface area contributed by atoms with Crippen LogP contribution in [0, 0.1) is 6.92 Å². The molecule has 0 saturated heterocycles. The Balaban J connectivity index is 2.33. The van der Waals surface area contributed by atoms with Crippen molar-refractivity contribution in [3.8, 4) is 5.75 Å². The van der Waals surface area contributed by atoms with Crippen LogP contribution in [0.2, 0.25) is 0 Å². The van der Waals surface area contributed by atoms with Crippen molar-refractivity contribution in [2.24, 2.45) is 0 Å². The lowest BCUT2D eigenvalue weighted by Gasteiger charge is -2.11. The second-order valence-corrected chi connectivity index (χ2v) is 6.08. The predicted molar refractivity (Wildman–Crippen MR) is 96.8 cm³/mol. The van der Waals surface area contributed by atoms with Crippen LogP contribution in [0.15, 0.2) is 18.2 Å². The Morgan fingerprint density at radius 2 is 1.67 bits per heavy atom. The molecule has 136 valence electrons. The summed E-state index contributed by atoms with van der Waals surface area (Å²) in [6, 6.07) is 5.48. The van der Waals surface area contributed by atoms with E-state index in [1.807, 2.05) is 19.1 Å². The quantitative estimate of drug-likeness (QED) is 0.378. The van der Waals surface area contributed by atoms with Crippen LogP contribution >= 0.6 is 0 Å². The highest BCUT2D eigenvalue weighted by molar-refractivity contribution is 5.89. The van der Waals surface area contributed by atoms with Gasteiger partial charge < -0.3 is 14.2 Å². The van der Waals surface area contributed by atoms with E-state index in [2.05, 4.69) is 6.92 Å². The van der Waals surface area contributed by atoms with Gasteiger partial charge in [-0.2, -0.15) is 0 Å². The van der Waals surface area contributed by atoms with Gasteiger partial charge in [0.05, 0.1) is 18.8 Å². The van der Waals surface area contributed by atoms with E-state index in [1.165, 1.54) is 25.7 Å². The summed E-state index contributed by atoms with van der Waals surface area (Å²) < 4.78 is 16.0. The normalized spacial score (nSPS) is 10.6. The molecule has 1 aromatic carbocycles. The molecular formula is C20H32O4. The minimum Gasteiger partial charge on any atom is -0.493 e. The van der Waals surface area contributed by atoms with Crippen LogP contribution in [-0.4, -0.2) is 32.9 Å². The van der Waals surface area contributed by atoms with Crippen LogP contribution in [0.3, 0.4) is 0 Å². The fourth-order valence-electron chi connectivity index (χ4n) is 2.42. The molecular weight excluding hydrogens is 304 g/mol. The van der Waals surface area contributed by atoms with Gasteiger partial charge in [0.15, 0.2) is 0 Å². The number of hydrogen-bond acceptors (Lipinski definition) is 4. The maximum atomic E-state index is 12.0. The van der Waals surface area contributed by atoms with E-state index in [0.717, 1.165) is 37.2 Å². The van der Waals surface area contributed by atoms with Gasteiger partial charge in [0, 0.05) is 13.7 Å². The van der Waals surface area contributed by atoms with Crippen LogP contribution in [0.1, 0.15) is 67.8 Å². The van der Waals surface area contributed by atoms with Gasteiger partial charge in [-0.1, -0.05) is 32.6 Å². The van der Waals surface area contributed by atoms with E-state index in [0.29, 0.717) is 18.8 Å². The van der Waals surface area contributed by atoms with Crippen LogP contribution in [0.4, 0.5) is 0 Å². The number of carbonyl (C=O) groups is 1. The minimum atomic E-state index is -0.276.